The first-order chi connectivity index (χ1) is 17.1. The van der Waals surface area contributed by atoms with Gasteiger partial charge in [-0.1, -0.05) is 87.5 Å². The summed E-state index contributed by atoms with van der Waals surface area (Å²) in [6.07, 6.45) is -4.04. The van der Waals surface area contributed by atoms with Crippen LogP contribution in [0.25, 0.3) is 0 Å². The predicted molar refractivity (Wildman–Crippen MR) is 142 cm³/mol. The van der Waals surface area contributed by atoms with Gasteiger partial charge in [0.1, 0.15) is 11.9 Å². The Kier molecular flexibility index (Phi) is 7.44. The molecule has 0 radical (unpaired) electrons. The number of hydrogen-bond acceptors (Lipinski definition) is 6. The van der Waals surface area contributed by atoms with Crippen molar-refractivity contribution < 1.29 is 29.6 Å². The van der Waals surface area contributed by atoms with Gasteiger partial charge in [-0.05, 0) is 38.7 Å². The molecule has 1 aliphatic carbocycles. The van der Waals surface area contributed by atoms with E-state index in [0.717, 1.165) is 10.4 Å². The summed E-state index contributed by atoms with van der Waals surface area (Å²) in [4.78, 5) is 0. The van der Waals surface area contributed by atoms with Crippen LogP contribution in [-0.2, 0) is 4.43 Å². The molecule has 36 heavy (non-hydrogen) atoms. The summed E-state index contributed by atoms with van der Waals surface area (Å²) < 4.78 is 12.3. The molecule has 3 aromatic carbocycles. The Labute approximate surface area is 213 Å². The van der Waals surface area contributed by atoms with Crippen molar-refractivity contribution in [1.29, 1.82) is 0 Å². The number of rotatable bonds is 7. The minimum Gasteiger partial charge on any atom is -0.497 e. The van der Waals surface area contributed by atoms with Crippen LogP contribution in [0.5, 0.6) is 5.75 Å². The Morgan fingerprint density at radius 3 is 1.86 bits per heavy atom. The Balaban J connectivity index is 1.85. The smallest absolute Gasteiger partial charge is 0.261 e. The van der Waals surface area contributed by atoms with Crippen LogP contribution in [0.3, 0.4) is 0 Å². The van der Waals surface area contributed by atoms with Crippen LogP contribution in [0.1, 0.15) is 44.1 Å². The van der Waals surface area contributed by atoms with Crippen molar-refractivity contribution in [3.63, 3.8) is 0 Å². The lowest BCUT2D eigenvalue weighted by molar-refractivity contribution is -0.171. The summed E-state index contributed by atoms with van der Waals surface area (Å²) >= 11 is 0. The maximum atomic E-state index is 11.6. The average molecular weight is 509 g/mol. The zero-order valence-electron chi connectivity index (χ0n) is 21.3. The van der Waals surface area contributed by atoms with Crippen molar-refractivity contribution in [2.75, 3.05) is 20.3 Å². The standard InChI is InChI=1S/C29H36O6Si/c1-28(2,3)36(21-11-7-5-8-12-21,22-13-9-6-10-14-22)35-19-29(18-30)26(32)24-17-20(34-4)15-16-23(24)25(31)27(29)33/h5-17,25-27,30-33H,18-19H2,1-4H3/t25-,26-,27-,29-/m1/s1. The molecule has 4 rings (SSSR count). The van der Waals surface area contributed by atoms with E-state index < -0.39 is 38.7 Å². The van der Waals surface area contributed by atoms with Crippen LogP contribution < -0.4 is 15.1 Å². The molecule has 4 N–H and O–H groups in total. The van der Waals surface area contributed by atoms with Gasteiger partial charge in [-0.3, -0.25) is 0 Å². The minimum atomic E-state index is -3.03. The molecule has 1 aliphatic rings. The van der Waals surface area contributed by atoms with Gasteiger partial charge >= 0.3 is 0 Å². The van der Waals surface area contributed by atoms with Gasteiger partial charge in [0.25, 0.3) is 8.32 Å². The number of hydrogen-bond donors (Lipinski definition) is 4. The highest BCUT2D eigenvalue weighted by molar-refractivity contribution is 6.99. The third-order valence-electron chi connectivity index (χ3n) is 7.61. The van der Waals surface area contributed by atoms with E-state index >= 15 is 0 Å². The Hall–Kier alpha value is -2.52. The molecule has 0 aliphatic heterocycles. The first kappa shape index (κ1) is 26.5. The Morgan fingerprint density at radius 2 is 1.39 bits per heavy atom. The fraction of sp³-hybridized carbons (Fsp3) is 0.379. The molecule has 0 unspecified atom stereocenters. The monoisotopic (exact) mass is 508 g/mol. The van der Waals surface area contributed by atoms with Crippen molar-refractivity contribution >= 4 is 18.7 Å². The molecule has 0 heterocycles. The van der Waals surface area contributed by atoms with E-state index in [-0.39, 0.29) is 11.6 Å². The molecule has 0 bridgehead atoms. The van der Waals surface area contributed by atoms with Crippen molar-refractivity contribution in [2.45, 2.75) is 44.1 Å². The van der Waals surface area contributed by atoms with E-state index in [9.17, 15) is 20.4 Å². The van der Waals surface area contributed by atoms with E-state index in [2.05, 4.69) is 45.0 Å². The summed E-state index contributed by atoms with van der Waals surface area (Å²) in [5.41, 5.74) is -0.733. The number of aliphatic hydroxyl groups is 4. The molecule has 0 spiro atoms. The summed E-state index contributed by atoms with van der Waals surface area (Å²) in [7, 11) is -1.51. The van der Waals surface area contributed by atoms with Crippen LogP contribution in [0.15, 0.2) is 78.9 Å². The molecule has 0 fully saturated rings. The molecule has 0 saturated carbocycles. The van der Waals surface area contributed by atoms with Gasteiger partial charge in [-0.25, -0.2) is 0 Å². The first-order valence-corrected chi connectivity index (χ1v) is 14.1. The molecule has 4 atom stereocenters. The largest absolute Gasteiger partial charge is 0.497 e. The van der Waals surface area contributed by atoms with Gasteiger partial charge in [0.05, 0.1) is 31.3 Å². The summed E-state index contributed by atoms with van der Waals surface area (Å²) in [6, 6.07) is 25.0. The minimum absolute atomic E-state index is 0.160. The number of fused-ring (bicyclic) bond motifs is 1. The fourth-order valence-corrected chi connectivity index (χ4v) is 10.2. The summed E-state index contributed by atoms with van der Waals surface area (Å²) in [5.74, 6) is 0.510. The van der Waals surface area contributed by atoms with Crippen LogP contribution >= 0.6 is 0 Å². The highest BCUT2D eigenvalue weighted by Crippen LogP contribution is 2.50. The van der Waals surface area contributed by atoms with Crippen molar-refractivity contribution in [2.24, 2.45) is 5.41 Å². The number of benzene rings is 3. The second-order valence-electron chi connectivity index (χ2n) is 10.6. The predicted octanol–water partition coefficient (Wildman–Crippen LogP) is 2.69. The van der Waals surface area contributed by atoms with Crippen LogP contribution in [-0.4, -0.2) is 55.2 Å². The van der Waals surface area contributed by atoms with Crippen LogP contribution in [0.2, 0.25) is 5.04 Å². The molecule has 0 amide bonds. The molecule has 3 aromatic rings. The lowest BCUT2D eigenvalue weighted by Gasteiger charge is -2.50. The number of methoxy groups -OCH3 is 1. The molecule has 0 saturated heterocycles. The topological polar surface area (TPSA) is 99.4 Å². The van der Waals surface area contributed by atoms with Gasteiger partial charge in [0, 0.05) is 6.61 Å². The lowest BCUT2D eigenvalue weighted by Crippen LogP contribution is -2.68. The third-order valence-corrected chi connectivity index (χ3v) is 12.6. The van der Waals surface area contributed by atoms with E-state index in [1.807, 2.05) is 36.4 Å². The SMILES string of the molecule is COc1ccc2c(c1)[C@@H](O)[C@@](CO)(CO[Si](c1ccccc1)(c1ccccc1)C(C)(C)C)[C@H](O)[C@@H]2O. The van der Waals surface area contributed by atoms with Gasteiger partial charge in [0.2, 0.25) is 0 Å². The van der Waals surface area contributed by atoms with Crippen molar-refractivity contribution in [3.05, 3.63) is 90.0 Å². The second kappa shape index (κ2) is 10.1. The molecule has 7 heteroatoms. The highest BCUT2D eigenvalue weighted by Gasteiger charge is 2.57. The molecular formula is C29H36O6Si. The Morgan fingerprint density at radius 1 is 0.833 bits per heavy atom. The molecular weight excluding hydrogens is 472 g/mol. The number of aliphatic hydroxyl groups excluding tert-OH is 4. The van der Waals surface area contributed by atoms with E-state index in [0.29, 0.717) is 16.9 Å². The fourth-order valence-electron chi connectivity index (χ4n) is 5.54. The van der Waals surface area contributed by atoms with Gasteiger partial charge in [-0.2, -0.15) is 0 Å². The van der Waals surface area contributed by atoms with Gasteiger partial charge < -0.3 is 29.6 Å². The molecule has 6 nitrogen and oxygen atoms in total. The van der Waals surface area contributed by atoms with Crippen molar-refractivity contribution in [3.8, 4) is 5.75 Å². The van der Waals surface area contributed by atoms with Gasteiger partial charge in [-0.15, -0.1) is 0 Å². The normalized spacial score (nSPS) is 24.3. The third kappa shape index (κ3) is 4.20. The van der Waals surface area contributed by atoms with E-state index in [1.54, 1.807) is 18.2 Å². The van der Waals surface area contributed by atoms with Crippen LogP contribution in [0, 0.1) is 5.41 Å². The zero-order chi connectivity index (χ0) is 26.1. The lowest BCUT2D eigenvalue weighted by atomic mass is 9.67. The van der Waals surface area contributed by atoms with Crippen molar-refractivity contribution in [1.82, 2.24) is 0 Å². The Bertz CT molecular complexity index is 1120. The molecule has 192 valence electrons. The molecule has 0 aromatic heterocycles. The average Bonchev–Trinajstić information content (AvgIpc) is 2.89. The van der Waals surface area contributed by atoms with Crippen LogP contribution in [0.4, 0.5) is 0 Å². The van der Waals surface area contributed by atoms with E-state index in [4.69, 9.17) is 9.16 Å². The quantitative estimate of drug-likeness (QED) is 0.366. The second-order valence-corrected chi connectivity index (χ2v) is 14.9. The summed E-state index contributed by atoms with van der Waals surface area (Å²) in [5, 5.41) is 46.3. The number of ether oxygens (including phenoxy) is 1. The zero-order valence-corrected chi connectivity index (χ0v) is 22.3. The summed E-state index contributed by atoms with van der Waals surface area (Å²) in [6.45, 7) is 5.66. The first-order valence-electron chi connectivity index (χ1n) is 12.2. The van der Waals surface area contributed by atoms with Gasteiger partial charge in [0.15, 0.2) is 0 Å². The maximum absolute atomic E-state index is 11.6. The highest BCUT2D eigenvalue weighted by atomic mass is 28.4. The van der Waals surface area contributed by atoms with E-state index in [1.165, 1.54) is 7.11 Å². The maximum Gasteiger partial charge on any atom is 0.261 e.